The molecule has 6 nitrogen and oxygen atoms in total. The Morgan fingerprint density at radius 1 is 1.39 bits per heavy atom. The lowest BCUT2D eigenvalue weighted by Crippen LogP contribution is -2.39. The van der Waals surface area contributed by atoms with Crippen LogP contribution in [0.5, 0.6) is 5.75 Å². The molecule has 0 amide bonds. The Labute approximate surface area is 143 Å². The quantitative estimate of drug-likeness (QED) is 0.393. The minimum atomic E-state index is -5.15. The molecule has 1 rings (SSSR count). The van der Waals surface area contributed by atoms with Gasteiger partial charge in [0.15, 0.2) is 0 Å². The predicted molar refractivity (Wildman–Crippen MR) is 82.0 cm³/mol. The number of carbonyl (C=O) groups is 1. The molecule has 0 aliphatic carbocycles. The second-order valence-electron chi connectivity index (χ2n) is 4.26. The Morgan fingerprint density at radius 2 is 2.00 bits per heavy atom. The van der Waals surface area contributed by atoms with E-state index < -0.39 is 34.1 Å². The van der Waals surface area contributed by atoms with Gasteiger partial charge in [-0.1, -0.05) is 0 Å². The third kappa shape index (κ3) is 6.51. The summed E-state index contributed by atoms with van der Waals surface area (Å²) >= 11 is 1.92. The molecule has 0 aliphatic rings. The van der Waals surface area contributed by atoms with Crippen LogP contribution in [0.1, 0.15) is 17.3 Å². The second kappa shape index (κ2) is 7.66. The number of benzene rings is 1. The topological polar surface area (TPSA) is 89.9 Å². The van der Waals surface area contributed by atoms with Gasteiger partial charge in [-0.25, -0.2) is 4.79 Å². The largest absolute Gasteiger partial charge is 0.493 e. The Morgan fingerprint density at radius 3 is 2.48 bits per heavy atom. The van der Waals surface area contributed by atoms with Crippen LogP contribution >= 0.6 is 22.6 Å². The highest BCUT2D eigenvalue weighted by molar-refractivity contribution is 14.1. The van der Waals surface area contributed by atoms with Gasteiger partial charge in [-0.05, 0) is 47.7 Å². The Hall–Kier alpha value is -1.08. The van der Waals surface area contributed by atoms with Gasteiger partial charge in [-0.15, -0.1) is 0 Å². The standard InChI is InChI=1S/C12H12F3IO6S/c1-2-21-9-5-7(16)3-4-8(9)11(17)22-10(12(13,14)15)6-23(18,19)20/h3-5,10H,2,6H2,1H3,(H,18,19,20). The van der Waals surface area contributed by atoms with E-state index in [1.165, 1.54) is 18.2 Å². The van der Waals surface area contributed by atoms with Crippen molar-refractivity contribution in [2.75, 3.05) is 12.4 Å². The molecule has 1 aromatic carbocycles. The lowest BCUT2D eigenvalue weighted by Gasteiger charge is -2.20. The van der Waals surface area contributed by atoms with Gasteiger partial charge in [-0.3, -0.25) is 4.55 Å². The molecule has 1 N–H and O–H groups in total. The van der Waals surface area contributed by atoms with E-state index in [-0.39, 0.29) is 17.9 Å². The van der Waals surface area contributed by atoms with Crippen molar-refractivity contribution >= 4 is 38.7 Å². The Bertz CT molecular complexity index is 674. The maximum atomic E-state index is 12.8. The summed E-state index contributed by atoms with van der Waals surface area (Å²) in [6.45, 7) is 1.78. The molecule has 23 heavy (non-hydrogen) atoms. The van der Waals surface area contributed by atoms with Crippen molar-refractivity contribution in [3.63, 3.8) is 0 Å². The molecule has 0 aliphatic heterocycles. The molecule has 0 heterocycles. The van der Waals surface area contributed by atoms with E-state index in [9.17, 15) is 26.4 Å². The third-order valence-corrected chi connectivity index (χ3v) is 3.83. The fourth-order valence-corrected chi connectivity index (χ4v) is 2.62. The van der Waals surface area contributed by atoms with Crippen LogP contribution < -0.4 is 4.74 Å². The van der Waals surface area contributed by atoms with Gasteiger partial charge in [0.05, 0.1) is 6.61 Å². The molecule has 0 aromatic heterocycles. The van der Waals surface area contributed by atoms with E-state index in [2.05, 4.69) is 4.74 Å². The smallest absolute Gasteiger partial charge is 0.426 e. The van der Waals surface area contributed by atoms with Gasteiger partial charge in [0, 0.05) is 3.57 Å². The first kappa shape index (κ1) is 20.0. The van der Waals surface area contributed by atoms with E-state index in [1.807, 2.05) is 22.6 Å². The van der Waals surface area contributed by atoms with Crippen molar-refractivity contribution in [2.45, 2.75) is 19.2 Å². The SMILES string of the molecule is CCOc1cc(I)ccc1C(=O)OC(CS(=O)(=O)O)C(F)(F)F. The summed E-state index contributed by atoms with van der Waals surface area (Å²) in [5, 5.41) is 0. The summed E-state index contributed by atoms with van der Waals surface area (Å²) < 4.78 is 78.2. The summed E-state index contributed by atoms with van der Waals surface area (Å²) in [6, 6.07) is 4.08. The van der Waals surface area contributed by atoms with Crippen molar-refractivity contribution in [1.82, 2.24) is 0 Å². The van der Waals surface area contributed by atoms with Crippen LogP contribution in [0.2, 0.25) is 0 Å². The molecule has 1 unspecified atom stereocenters. The molecular weight excluding hydrogens is 456 g/mol. The molecule has 0 spiro atoms. The Kier molecular flexibility index (Phi) is 6.65. The van der Waals surface area contributed by atoms with E-state index in [0.29, 0.717) is 3.57 Å². The molecule has 0 fully saturated rings. The van der Waals surface area contributed by atoms with Crippen LogP contribution in [0.15, 0.2) is 18.2 Å². The van der Waals surface area contributed by atoms with Crippen molar-refractivity contribution in [3.05, 3.63) is 27.3 Å². The lowest BCUT2D eigenvalue weighted by molar-refractivity contribution is -0.197. The summed E-state index contributed by atoms with van der Waals surface area (Å²) in [4.78, 5) is 11.9. The summed E-state index contributed by atoms with van der Waals surface area (Å²) in [6.07, 6.45) is -8.14. The minimum absolute atomic E-state index is 0.0113. The molecule has 130 valence electrons. The molecule has 0 bridgehead atoms. The maximum Gasteiger partial charge on any atom is 0.426 e. The van der Waals surface area contributed by atoms with Crippen molar-refractivity contribution in [1.29, 1.82) is 0 Å². The minimum Gasteiger partial charge on any atom is -0.493 e. The van der Waals surface area contributed by atoms with Crippen LogP contribution in [-0.4, -0.2) is 43.6 Å². The van der Waals surface area contributed by atoms with Gasteiger partial charge in [0.1, 0.15) is 17.1 Å². The van der Waals surface area contributed by atoms with Gasteiger partial charge in [-0.2, -0.15) is 21.6 Å². The average Bonchev–Trinajstić information content (AvgIpc) is 2.35. The molecular formula is C12H12F3IO6S. The molecule has 11 heteroatoms. The fourth-order valence-electron chi connectivity index (χ4n) is 1.52. The van der Waals surface area contributed by atoms with Crippen LogP contribution in [0.25, 0.3) is 0 Å². The third-order valence-electron chi connectivity index (χ3n) is 2.44. The summed E-state index contributed by atoms with van der Waals surface area (Å²) in [5.41, 5.74) is -0.281. The average molecular weight is 468 g/mol. The number of halogens is 4. The molecule has 1 aromatic rings. The highest BCUT2D eigenvalue weighted by Gasteiger charge is 2.45. The van der Waals surface area contributed by atoms with Crippen LogP contribution in [-0.2, 0) is 14.9 Å². The fraction of sp³-hybridized carbons (Fsp3) is 0.417. The number of carbonyl (C=O) groups excluding carboxylic acids is 1. The van der Waals surface area contributed by atoms with Gasteiger partial charge in [0.2, 0.25) is 6.10 Å². The van der Waals surface area contributed by atoms with E-state index in [4.69, 9.17) is 9.29 Å². The van der Waals surface area contributed by atoms with E-state index in [1.54, 1.807) is 6.92 Å². The van der Waals surface area contributed by atoms with Gasteiger partial charge < -0.3 is 9.47 Å². The first-order valence-electron chi connectivity index (χ1n) is 6.09. The number of hydrogen-bond donors (Lipinski definition) is 1. The highest BCUT2D eigenvalue weighted by Crippen LogP contribution is 2.28. The van der Waals surface area contributed by atoms with Gasteiger partial charge >= 0.3 is 12.1 Å². The summed E-state index contributed by atoms with van der Waals surface area (Å²) in [7, 11) is -4.99. The van der Waals surface area contributed by atoms with Crippen LogP contribution in [0, 0.1) is 3.57 Å². The Balaban J connectivity index is 3.08. The summed E-state index contributed by atoms with van der Waals surface area (Å²) in [5.74, 6) is -3.18. The van der Waals surface area contributed by atoms with Crippen molar-refractivity contribution in [2.24, 2.45) is 0 Å². The second-order valence-corrected chi connectivity index (χ2v) is 7.00. The number of rotatable bonds is 6. The first-order valence-corrected chi connectivity index (χ1v) is 8.78. The zero-order valence-electron chi connectivity index (χ0n) is 11.6. The number of hydrogen-bond acceptors (Lipinski definition) is 5. The number of alkyl halides is 3. The van der Waals surface area contributed by atoms with E-state index in [0.717, 1.165) is 0 Å². The highest BCUT2D eigenvalue weighted by atomic mass is 127. The predicted octanol–water partition coefficient (Wildman–Crippen LogP) is 2.67. The number of esters is 1. The van der Waals surface area contributed by atoms with Crippen LogP contribution in [0.3, 0.4) is 0 Å². The van der Waals surface area contributed by atoms with Crippen LogP contribution in [0.4, 0.5) is 13.2 Å². The van der Waals surface area contributed by atoms with E-state index >= 15 is 0 Å². The molecule has 1 atom stereocenters. The van der Waals surface area contributed by atoms with Crippen molar-refractivity contribution in [3.8, 4) is 5.75 Å². The van der Waals surface area contributed by atoms with Crippen molar-refractivity contribution < 1.29 is 40.4 Å². The number of ether oxygens (including phenoxy) is 2. The molecule has 0 saturated carbocycles. The normalized spacial score (nSPS) is 13.5. The first-order chi connectivity index (χ1) is 10.4. The maximum absolute atomic E-state index is 12.8. The lowest BCUT2D eigenvalue weighted by atomic mass is 10.2. The van der Waals surface area contributed by atoms with Gasteiger partial charge in [0.25, 0.3) is 10.1 Å². The zero-order valence-corrected chi connectivity index (χ0v) is 14.6. The molecule has 0 radical (unpaired) electrons. The zero-order chi connectivity index (χ0) is 17.8. The monoisotopic (exact) mass is 468 g/mol. The molecule has 0 saturated heterocycles.